The second kappa shape index (κ2) is 6.61. The number of Topliss-reactive ketones (excluding diaryl/α,β-unsaturated/α-hetero) is 1. The predicted molar refractivity (Wildman–Crippen MR) is 93.4 cm³/mol. The Hall–Kier alpha value is -2.19. The van der Waals surface area contributed by atoms with Gasteiger partial charge < -0.3 is 4.74 Å². The molecule has 0 heterocycles. The Morgan fingerprint density at radius 2 is 2.28 bits per heavy atom. The number of rotatable bonds is 3. The fraction of sp³-hybridized carbons (Fsp3) is 0.550. The monoisotopic (exact) mass is 340 g/mol. The van der Waals surface area contributed by atoms with E-state index in [1.165, 1.54) is 6.92 Å². The molecule has 1 N–H and O–H groups in total. The van der Waals surface area contributed by atoms with E-state index in [9.17, 15) is 14.9 Å². The van der Waals surface area contributed by atoms with Crippen LogP contribution in [-0.4, -0.2) is 30.9 Å². The fourth-order valence-electron chi connectivity index (χ4n) is 4.26. The van der Waals surface area contributed by atoms with Crippen molar-refractivity contribution in [1.29, 1.82) is 5.26 Å². The van der Waals surface area contributed by atoms with Crippen molar-refractivity contribution in [2.45, 2.75) is 45.1 Å². The summed E-state index contributed by atoms with van der Waals surface area (Å²) < 4.78 is 5.09. The van der Waals surface area contributed by atoms with Gasteiger partial charge in [0, 0.05) is 31.3 Å². The summed E-state index contributed by atoms with van der Waals surface area (Å²) in [6, 6.07) is 2.47. The van der Waals surface area contributed by atoms with Gasteiger partial charge in [0.05, 0.1) is 6.07 Å². The number of fused-ring (bicyclic) bond motifs is 2. The van der Waals surface area contributed by atoms with Crippen LogP contribution in [0.25, 0.3) is 0 Å². The number of esters is 1. The van der Waals surface area contributed by atoms with Gasteiger partial charge in [0.2, 0.25) is 0 Å². The first-order chi connectivity index (χ1) is 11.9. The van der Waals surface area contributed by atoms with Crippen LogP contribution in [0.3, 0.4) is 0 Å². The average molecular weight is 340 g/mol. The summed E-state index contributed by atoms with van der Waals surface area (Å²) in [4.78, 5) is 23.6. The number of carbonyl (C=O) groups is 2. The van der Waals surface area contributed by atoms with Gasteiger partial charge in [0.15, 0.2) is 5.78 Å². The molecule has 5 heteroatoms. The van der Waals surface area contributed by atoms with Crippen molar-refractivity contribution in [2.24, 2.45) is 11.8 Å². The van der Waals surface area contributed by atoms with Crippen LogP contribution >= 0.6 is 0 Å². The molecule has 0 saturated carbocycles. The van der Waals surface area contributed by atoms with E-state index in [1.807, 2.05) is 0 Å². The third-order valence-electron chi connectivity index (χ3n) is 5.61. The minimum absolute atomic E-state index is 0.00160. The highest BCUT2D eigenvalue weighted by atomic mass is 16.5. The van der Waals surface area contributed by atoms with E-state index in [-0.39, 0.29) is 18.3 Å². The van der Waals surface area contributed by atoms with Gasteiger partial charge >= 0.3 is 5.97 Å². The zero-order valence-corrected chi connectivity index (χ0v) is 15.0. The van der Waals surface area contributed by atoms with Crippen LogP contribution in [0.5, 0.6) is 0 Å². The van der Waals surface area contributed by atoms with Gasteiger partial charge in [-0.25, -0.2) is 0 Å². The van der Waals surface area contributed by atoms with Crippen molar-refractivity contribution in [2.75, 3.05) is 13.7 Å². The van der Waals surface area contributed by atoms with E-state index in [0.29, 0.717) is 24.3 Å². The maximum absolute atomic E-state index is 12.5. The molecule has 0 aliphatic heterocycles. The Bertz CT molecular complexity index is 753. The maximum Gasteiger partial charge on any atom is 0.302 e. The predicted octanol–water partition coefficient (Wildman–Crippen LogP) is 2.60. The normalized spacial score (nSPS) is 31.4. The summed E-state index contributed by atoms with van der Waals surface area (Å²) in [6.07, 6.45) is 7.11. The standard InChI is InChI=1S/C20H24N2O3/c1-12-4-5-18-15(6-12)7-14-8-19(24)17(10-25-13(2)23)16(14)9-20(18,11-21)22-3/h5,7,12,15,22H,4,6,8-10H2,1-3H3/t12-,15-,20?/m0/s1. The third kappa shape index (κ3) is 3.07. The highest BCUT2D eigenvalue weighted by Gasteiger charge is 2.44. The number of hydrogen-bond acceptors (Lipinski definition) is 5. The summed E-state index contributed by atoms with van der Waals surface area (Å²) in [7, 11) is 1.80. The average Bonchev–Trinajstić information content (AvgIpc) is 2.78. The molecule has 5 nitrogen and oxygen atoms in total. The molecule has 3 rings (SSSR count). The Morgan fingerprint density at radius 3 is 2.92 bits per heavy atom. The van der Waals surface area contributed by atoms with E-state index < -0.39 is 11.5 Å². The quantitative estimate of drug-likeness (QED) is 0.631. The number of ether oxygens (including phenoxy) is 1. The summed E-state index contributed by atoms with van der Waals surface area (Å²) in [5.74, 6) is 0.324. The highest BCUT2D eigenvalue weighted by molar-refractivity contribution is 6.03. The largest absolute Gasteiger partial charge is 0.461 e. The van der Waals surface area contributed by atoms with Crippen LogP contribution in [0.2, 0.25) is 0 Å². The van der Waals surface area contributed by atoms with E-state index in [0.717, 1.165) is 29.6 Å². The minimum Gasteiger partial charge on any atom is -0.461 e. The molecule has 3 aliphatic rings. The van der Waals surface area contributed by atoms with Gasteiger partial charge in [-0.1, -0.05) is 19.1 Å². The summed E-state index contributed by atoms with van der Waals surface area (Å²) in [5, 5.41) is 13.2. The number of carbonyl (C=O) groups excluding carboxylic acids is 2. The van der Waals surface area contributed by atoms with Crippen LogP contribution < -0.4 is 5.32 Å². The summed E-state index contributed by atoms with van der Waals surface area (Å²) in [6.45, 7) is 3.54. The van der Waals surface area contributed by atoms with Crippen LogP contribution in [0.4, 0.5) is 0 Å². The number of nitrogens with zero attached hydrogens (tertiary/aromatic N) is 1. The Balaban J connectivity index is 2.10. The molecule has 3 aliphatic carbocycles. The number of ketones is 1. The Kier molecular flexibility index (Phi) is 4.66. The molecule has 132 valence electrons. The first kappa shape index (κ1) is 17.6. The lowest BCUT2D eigenvalue weighted by atomic mass is 9.73. The molecule has 0 radical (unpaired) electrons. The molecule has 0 amide bonds. The lowest BCUT2D eigenvalue weighted by Gasteiger charge is -2.35. The van der Waals surface area contributed by atoms with Crippen LogP contribution in [0, 0.1) is 23.2 Å². The molecule has 0 aromatic carbocycles. The lowest BCUT2D eigenvalue weighted by molar-refractivity contribution is -0.140. The van der Waals surface area contributed by atoms with Crippen molar-refractivity contribution >= 4 is 11.8 Å². The van der Waals surface area contributed by atoms with E-state index in [1.54, 1.807) is 7.05 Å². The minimum atomic E-state index is -0.815. The highest BCUT2D eigenvalue weighted by Crippen LogP contribution is 2.46. The van der Waals surface area contributed by atoms with Gasteiger partial charge in [0.1, 0.15) is 12.1 Å². The third-order valence-corrected chi connectivity index (χ3v) is 5.61. The number of hydrogen-bond donors (Lipinski definition) is 1. The number of allylic oxidation sites excluding steroid dienone is 3. The van der Waals surface area contributed by atoms with E-state index >= 15 is 0 Å². The van der Waals surface area contributed by atoms with Gasteiger partial charge in [-0.05, 0) is 42.5 Å². The summed E-state index contributed by atoms with van der Waals surface area (Å²) >= 11 is 0. The van der Waals surface area contributed by atoms with E-state index in [4.69, 9.17) is 4.74 Å². The zero-order valence-electron chi connectivity index (χ0n) is 15.0. The topological polar surface area (TPSA) is 79.2 Å². The SMILES string of the molecule is CNC1(C#N)CC2=C(COC(C)=O)C(=O)CC2=C[C@@H]2C[C@@H](C)CC=C21. The van der Waals surface area contributed by atoms with Gasteiger partial charge in [-0.15, -0.1) is 0 Å². The molecule has 3 atom stereocenters. The molecular weight excluding hydrogens is 316 g/mol. The van der Waals surface area contributed by atoms with Crippen molar-refractivity contribution in [3.05, 3.63) is 34.4 Å². The fourth-order valence-corrected chi connectivity index (χ4v) is 4.26. The number of nitriles is 1. The summed E-state index contributed by atoms with van der Waals surface area (Å²) in [5.41, 5.74) is 2.73. The molecule has 0 fully saturated rings. The first-order valence-electron chi connectivity index (χ1n) is 8.80. The second-order valence-electron chi connectivity index (χ2n) is 7.32. The van der Waals surface area contributed by atoms with Crippen LogP contribution in [0.1, 0.15) is 39.5 Å². The molecule has 25 heavy (non-hydrogen) atoms. The molecule has 0 aromatic rings. The van der Waals surface area contributed by atoms with Gasteiger partial charge in [0.25, 0.3) is 0 Å². The van der Waals surface area contributed by atoms with E-state index in [2.05, 4.69) is 30.5 Å². The molecular formula is C20H24N2O3. The molecule has 0 spiro atoms. The van der Waals surface area contributed by atoms with Crippen LogP contribution in [-0.2, 0) is 14.3 Å². The smallest absolute Gasteiger partial charge is 0.302 e. The second-order valence-corrected chi connectivity index (χ2v) is 7.32. The van der Waals surface area contributed by atoms with Crippen LogP contribution in [0.15, 0.2) is 34.4 Å². The van der Waals surface area contributed by atoms with Crippen molar-refractivity contribution < 1.29 is 14.3 Å². The van der Waals surface area contributed by atoms with Gasteiger partial charge in [-0.3, -0.25) is 14.9 Å². The Morgan fingerprint density at radius 1 is 1.52 bits per heavy atom. The van der Waals surface area contributed by atoms with Crippen molar-refractivity contribution in [3.63, 3.8) is 0 Å². The van der Waals surface area contributed by atoms with Crippen molar-refractivity contribution in [1.82, 2.24) is 5.32 Å². The first-order valence-corrected chi connectivity index (χ1v) is 8.80. The number of nitrogens with one attached hydrogen (secondary N) is 1. The molecule has 0 bridgehead atoms. The molecule has 0 saturated heterocycles. The maximum atomic E-state index is 12.5. The molecule has 0 aromatic heterocycles. The zero-order chi connectivity index (χ0) is 18.2. The van der Waals surface area contributed by atoms with Gasteiger partial charge in [-0.2, -0.15) is 5.26 Å². The lowest BCUT2D eigenvalue weighted by Crippen LogP contribution is -2.46. The van der Waals surface area contributed by atoms with Crippen molar-refractivity contribution in [3.8, 4) is 6.07 Å². The number of likely N-dealkylation sites (N-methyl/N-ethyl adjacent to an activating group) is 1. The molecule has 1 unspecified atom stereocenters. The Labute approximate surface area is 148 Å².